The molecule has 1 aromatic rings. The number of rotatable bonds is 1. The topological polar surface area (TPSA) is 0 Å². The quantitative estimate of drug-likeness (QED) is 0.646. The molecule has 0 amide bonds. The Kier molecular flexibility index (Phi) is 3.68. The lowest BCUT2D eigenvalue weighted by atomic mass is 9.84. The molecule has 1 fully saturated rings. The Labute approximate surface area is 103 Å². The lowest BCUT2D eigenvalue weighted by Crippen LogP contribution is -2.18. The zero-order valence-corrected chi connectivity index (χ0v) is 10.7. The summed E-state index contributed by atoms with van der Waals surface area (Å²) in [6.07, 6.45) is 4.62. The van der Waals surface area contributed by atoms with Crippen molar-refractivity contribution in [3.05, 3.63) is 34.6 Å². The fourth-order valence-corrected chi connectivity index (χ4v) is 3.27. The van der Waals surface area contributed by atoms with E-state index in [-0.39, 0.29) is 5.82 Å². The summed E-state index contributed by atoms with van der Waals surface area (Å²) in [7, 11) is 0. The molecule has 0 aliphatic heterocycles. The third-order valence-electron chi connectivity index (χ3n) is 3.04. The average molecular weight is 292 g/mol. The first-order valence-electron chi connectivity index (χ1n) is 5.27. The van der Waals surface area contributed by atoms with Crippen LogP contribution < -0.4 is 0 Å². The highest BCUT2D eigenvalue weighted by molar-refractivity contribution is 9.09. The van der Waals surface area contributed by atoms with Crippen LogP contribution in [0.25, 0.3) is 0 Å². The minimum Gasteiger partial charge on any atom is -0.207 e. The predicted octanol–water partition coefficient (Wildman–Crippen LogP) is 4.90. The van der Waals surface area contributed by atoms with Gasteiger partial charge in [0.1, 0.15) is 5.82 Å². The van der Waals surface area contributed by atoms with Crippen molar-refractivity contribution < 1.29 is 4.39 Å². The van der Waals surface area contributed by atoms with Crippen molar-refractivity contribution in [1.29, 1.82) is 0 Å². The molecule has 1 aliphatic rings. The second-order valence-electron chi connectivity index (χ2n) is 4.07. The van der Waals surface area contributed by atoms with E-state index in [1.807, 2.05) is 6.07 Å². The van der Waals surface area contributed by atoms with Crippen LogP contribution in [0.3, 0.4) is 0 Å². The van der Waals surface area contributed by atoms with Crippen LogP contribution in [0.4, 0.5) is 4.39 Å². The van der Waals surface area contributed by atoms with Crippen LogP contribution in [-0.4, -0.2) is 4.83 Å². The van der Waals surface area contributed by atoms with E-state index in [1.54, 1.807) is 6.07 Å². The molecule has 3 heteroatoms. The molecule has 2 atom stereocenters. The normalized spacial score (nSPS) is 26.6. The van der Waals surface area contributed by atoms with Gasteiger partial charge < -0.3 is 0 Å². The Morgan fingerprint density at radius 1 is 1.27 bits per heavy atom. The molecule has 0 nitrogen and oxygen atoms in total. The predicted molar refractivity (Wildman–Crippen MR) is 65.3 cm³/mol. The van der Waals surface area contributed by atoms with Crippen molar-refractivity contribution in [3.63, 3.8) is 0 Å². The summed E-state index contributed by atoms with van der Waals surface area (Å²) >= 11 is 9.38. The average Bonchev–Trinajstić information content (AvgIpc) is 2.20. The molecule has 0 bridgehead atoms. The van der Waals surface area contributed by atoms with E-state index >= 15 is 0 Å². The van der Waals surface area contributed by atoms with Crippen LogP contribution in [0, 0.1) is 5.82 Å². The first-order valence-corrected chi connectivity index (χ1v) is 6.57. The van der Waals surface area contributed by atoms with Gasteiger partial charge in [0.15, 0.2) is 0 Å². The van der Waals surface area contributed by atoms with Crippen LogP contribution in [0.5, 0.6) is 0 Å². The summed E-state index contributed by atoms with van der Waals surface area (Å²) in [5, 5.41) is 0.471. The second-order valence-corrected chi connectivity index (χ2v) is 5.69. The van der Waals surface area contributed by atoms with Gasteiger partial charge in [-0.05, 0) is 36.5 Å². The van der Waals surface area contributed by atoms with Crippen LogP contribution in [0.1, 0.15) is 37.2 Å². The van der Waals surface area contributed by atoms with Gasteiger partial charge in [-0.3, -0.25) is 0 Å². The van der Waals surface area contributed by atoms with Gasteiger partial charge >= 0.3 is 0 Å². The van der Waals surface area contributed by atoms with E-state index < -0.39 is 0 Å². The Balaban J connectivity index is 2.27. The van der Waals surface area contributed by atoms with Crippen LogP contribution in [0.2, 0.25) is 5.02 Å². The first kappa shape index (κ1) is 11.4. The number of benzene rings is 1. The van der Waals surface area contributed by atoms with Gasteiger partial charge in [0.05, 0.1) is 0 Å². The minimum atomic E-state index is -0.168. The number of alkyl halides is 1. The second kappa shape index (κ2) is 4.84. The third kappa shape index (κ3) is 2.54. The SMILES string of the molecule is Fc1cc(Cl)ccc1C1CCCCC1Br. The molecule has 0 aromatic heterocycles. The molecule has 0 radical (unpaired) electrons. The van der Waals surface area contributed by atoms with Gasteiger partial charge in [-0.15, -0.1) is 0 Å². The molecule has 2 unspecified atom stereocenters. The number of hydrogen-bond donors (Lipinski definition) is 0. The molecule has 0 spiro atoms. The van der Waals surface area contributed by atoms with Crippen molar-refractivity contribution in [1.82, 2.24) is 0 Å². The summed E-state index contributed by atoms with van der Waals surface area (Å²) in [5.74, 6) is 0.134. The number of halogens is 3. The highest BCUT2D eigenvalue weighted by Gasteiger charge is 2.26. The molecular formula is C12H13BrClF. The summed E-state index contributed by atoms with van der Waals surface area (Å²) in [5.41, 5.74) is 0.806. The van der Waals surface area contributed by atoms with E-state index in [9.17, 15) is 4.39 Å². The summed E-state index contributed by atoms with van der Waals surface area (Å²) < 4.78 is 13.7. The molecule has 82 valence electrons. The Morgan fingerprint density at radius 2 is 2.00 bits per heavy atom. The zero-order chi connectivity index (χ0) is 10.8. The summed E-state index contributed by atoms with van der Waals surface area (Å²) in [6.45, 7) is 0. The van der Waals surface area contributed by atoms with Crippen molar-refractivity contribution >= 4 is 27.5 Å². The van der Waals surface area contributed by atoms with Crippen molar-refractivity contribution in [2.75, 3.05) is 0 Å². The van der Waals surface area contributed by atoms with E-state index in [4.69, 9.17) is 11.6 Å². The van der Waals surface area contributed by atoms with E-state index in [1.165, 1.54) is 18.9 Å². The first-order chi connectivity index (χ1) is 7.18. The van der Waals surface area contributed by atoms with Gasteiger partial charge in [0.2, 0.25) is 0 Å². The summed E-state index contributed by atoms with van der Waals surface area (Å²) in [4.78, 5) is 0.405. The van der Waals surface area contributed by atoms with Crippen LogP contribution in [-0.2, 0) is 0 Å². The maximum Gasteiger partial charge on any atom is 0.128 e. The van der Waals surface area contributed by atoms with E-state index in [0.29, 0.717) is 15.8 Å². The Morgan fingerprint density at radius 3 is 2.67 bits per heavy atom. The van der Waals surface area contributed by atoms with Gasteiger partial charge in [0, 0.05) is 9.85 Å². The van der Waals surface area contributed by atoms with Crippen molar-refractivity contribution in [3.8, 4) is 0 Å². The Bertz CT molecular complexity index is 353. The number of hydrogen-bond acceptors (Lipinski definition) is 0. The highest BCUT2D eigenvalue weighted by Crippen LogP contribution is 2.38. The van der Waals surface area contributed by atoms with Gasteiger partial charge in [-0.2, -0.15) is 0 Å². The largest absolute Gasteiger partial charge is 0.207 e. The zero-order valence-electron chi connectivity index (χ0n) is 8.35. The molecule has 2 rings (SSSR count). The lowest BCUT2D eigenvalue weighted by molar-refractivity contribution is 0.445. The van der Waals surface area contributed by atoms with Crippen molar-refractivity contribution in [2.24, 2.45) is 0 Å². The molecule has 0 N–H and O–H groups in total. The van der Waals surface area contributed by atoms with E-state index in [0.717, 1.165) is 18.4 Å². The molecule has 0 heterocycles. The Hall–Kier alpha value is -0.0800. The molecule has 1 aliphatic carbocycles. The fraction of sp³-hybridized carbons (Fsp3) is 0.500. The van der Waals surface area contributed by atoms with E-state index in [2.05, 4.69) is 15.9 Å². The molecule has 0 saturated heterocycles. The lowest BCUT2D eigenvalue weighted by Gasteiger charge is -2.28. The molecular weight excluding hydrogens is 278 g/mol. The minimum absolute atomic E-state index is 0.168. The van der Waals surface area contributed by atoms with Crippen molar-refractivity contribution in [2.45, 2.75) is 36.4 Å². The standard InChI is InChI=1S/C12H13BrClF/c13-11-4-2-1-3-9(11)10-6-5-8(14)7-12(10)15/h5-7,9,11H,1-4H2. The highest BCUT2D eigenvalue weighted by atomic mass is 79.9. The molecule has 1 saturated carbocycles. The third-order valence-corrected chi connectivity index (χ3v) is 4.37. The monoisotopic (exact) mass is 290 g/mol. The fourth-order valence-electron chi connectivity index (χ4n) is 2.24. The summed E-state index contributed by atoms with van der Waals surface area (Å²) in [6, 6.07) is 5.00. The van der Waals surface area contributed by atoms with Gasteiger partial charge in [0.25, 0.3) is 0 Å². The molecule has 1 aromatic carbocycles. The van der Waals surface area contributed by atoms with Crippen LogP contribution in [0.15, 0.2) is 18.2 Å². The molecule has 15 heavy (non-hydrogen) atoms. The maximum absolute atomic E-state index is 13.7. The van der Waals surface area contributed by atoms with Gasteiger partial charge in [-0.1, -0.05) is 46.4 Å². The maximum atomic E-state index is 13.7. The van der Waals surface area contributed by atoms with Gasteiger partial charge in [-0.25, -0.2) is 4.39 Å². The smallest absolute Gasteiger partial charge is 0.128 e. The van der Waals surface area contributed by atoms with Crippen LogP contribution >= 0.6 is 27.5 Å².